The molecular weight excluding hydrogens is 404 g/mol. The number of carbonyl (C=O) groups is 1. The number of hydrogen-bond donors (Lipinski definition) is 1. The average molecular weight is 419 g/mol. The van der Waals surface area contributed by atoms with Gasteiger partial charge in [0.2, 0.25) is 0 Å². The molecule has 0 spiro atoms. The summed E-state index contributed by atoms with van der Waals surface area (Å²) < 4.78 is 60.1. The third kappa shape index (κ3) is 3.86. The summed E-state index contributed by atoms with van der Waals surface area (Å²) >= 11 is 6.04. The summed E-state index contributed by atoms with van der Waals surface area (Å²) in [4.78, 5) is 12.4. The van der Waals surface area contributed by atoms with Crippen molar-refractivity contribution < 1.29 is 26.9 Å². The van der Waals surface area contributed by atoms with Gasteiger partial charge in [-0.25, -0.2) is 4.39 Å². The lowest BCUT2D eigenvalue weighted by molar-refractivity contribution is -0.143. The fraction of sp³-hybridized carbons (Fsp3) is 0.235. The summed E-state index contributed by atoms with van der Waals surface area (Å²) in [6.45, 7) is 4.50. The lowest BCUT2D eigenvalue weighted by atomic mass is 10.0. The molecule has 0 saturated carbocycles. The van der Waals surface area contributed by atoms with Gasteiger partial charge in [0.25, 0.3) is 5.91 Å². The predicted octanol–water partition coefficient (Wildman–Crippen LogP) is 4.46. The van der Waals surface area contributed by atoms with Gasteiger partial charge in [-0.3, -0.25) is 9.48 Å². The first-order valence-electron chi connectivity index (χ1n) is 7.71. The van der Waals surface area contributed by atoms with Crippen molar-refractivity contribution in [1.82, 2.24) is 20.3 Å². The third-order valence-corrected chi connectivity index (χ3v) is 4.00. The third-order valence-electron chi connectivity index (χ3n) is 3.68. The average Bonchev–Trinajstić information content (AvgIpc) is 3.17. The highest BCUT2D eigenvalue weighted by Crippen LogP contribution is 2.41. The molecule has 0 aromatic carbocycles. The van der Waals surface area contributed by atoms with Crippen LogP contribution in [-0.2, 0) is 13.2 Å². The molecule has 28 heavy (non-hydrogen) atoms. The predicted molar refractivity (Wildman–Crippen MR) is 94.9 cm³/mol. The Morgan fingerprint density at radius 2 is 2.07 bits per heavy atom. The fourth-order valence-corrected chi connectivity index (χ4v) is 2.86. The van der Waals surface area contributed by atoms with Crippen LogP contribution in [0.2, 0.25) is 0 Å². The first-order valence-corrected chi connectivity index (χ1v) is 8.09. The molecule has 11 heteroatoms. The molecular formula is C17H15ClF4N4O2. The smallest absolute Gasteiger partial charge is 0.355 e. The molecule has 0 fully saturated rings. The van der Waals surface area contributed by atoms with Crippen LogP contribution in [0.4, 0.5) is 17.6 Å². The quantitative estimate of drug-likeness (QED) is 0.574. The Morgan fingerprint density at radius 1 is 1.43 bits per heavy atom. The maximum absolute atomic E-state index is 14.2. The highest BCUT2D eigenvalue weighted by Gasteiger charge is 2.40. The number of aryl methyl sites for hydroxylation is 1. The molecule has 2 aromatic rings. The molecule has 0 aliphatic heterocycles. The molecule has 1 amide bonds. The number of halogens is 5. The van der Waals surface area contributed by atoms with Gasteiger partial charge < -0.3 is 9.84 Å². The van der Waals surface area contributed by atoms with Crippen molar-refractivity contribution in [3.63, 3.8) is 0 Å². The molecule has 2 rings (SSSR count). The van der Waals surface area contributed by atoms with Crippen LogP contribution < -0.4 is 5.32 Å². The van der Waals surface area contributed by atoms with Crippen molar-refractivity contribution in [2.24, 2.45) is 7.05 Å². The second-order valence-electron chi connectivity index (χ2n) is 5.50. The maximum atomic E-state index is 14.2. The van der Waals surface area contributed by atoms with Gasteiger partial charge in [0, 0.05) is 14.1 Å². The number of rotatable bonds is 5. The van der Waals surface area contributed by atoms with Crippen molar-refractivity contribution in [1.29, 1.82) is 0 Å². The van der Waals surface area contributed by atoms with Crippen LogP contribution in [0.1, 0.15) is 28.7 Å². The first kappa shape index (κ1) is 21.4. The second kappa shape index (κ2) is 8.01. The van der Waals surface area contributed by atoms with Gasteiger partial charge in [-0.05, 0) is 13.0 Å². The van der Waals surface area contributed by atoms with E-state index in [0.717, 1.165) is 20.2 Å². The summed E-state index contributed by atoms with van der Waals surface area (Å²) in [7, 11) is 2.34. The number of allylic oxidation sites excluding steroid dienone is 5. The van der Waals surface area contributed by atoms with E-state index in [9.17, 15) is 22.4 Å². The largest absolute Gasteiger partial charge is 0.433 e. The zero-order chi connectivity index (χ0) is 21.2. The van der Waals surface area contributed by atoms with E-state index < -0.39 is 40.5 Å². The van der Waals surface area contributed by atoms with Gasteiger partial charge in [-0.1, -0.05) is 29.4 Å². The number of nitrogens with one attached hydrogen (secondary N) is 1. The Kier molecular flexibility index (Phi) is 6.13. The van der Waals surface area contributed by atoms with Crippen LogP contribution in [0.3, 0.4) is 0 Å². The summed E-state index contributed by atoms with van der Waals surface area (Å²) in [6, 6.07) is 0. The van der Waals surface area contributed by atoms with Gasteiger partial charge in [0.1, 0.15) is 17.1 Å². The molecule has 2 heterocycles. The number of carbonyl (C=O) groups excluding carboxylic acids is 1. The van der Waals surface area contributed by atoms with Crippen LogP contribution in [0.5, 0.6) is 0 Å². The van der Waals surface area contributed by atoms with Crippen molar-refractivity contribution in [3.05, 3.63) is 52.7 Å². The van der Waals surface area contributed by atoms with Gasteiger partial charge in [-0.15, -0.1) is 0 Å². The van der Waals surface area contributed by atoms with Crippen LogP contribution in [-0.4, -0.2) is 27.9 Å². The van der Waals surface area contributed by atoms with E-state index >= 15 is 0 Å². The van der Waals surface area contributed by atoms with Crippen molar-refractivity contribution in [2.45, 2.75) is 13.1 Å². The van der Waals surface area contributed by atoms with Gasteiger partial charge in [-0.2, -0.15) is 18.3 Å². The highest BCUT2D eigenvalue weighted by molar-refractivity contribution is 6.37. The number of alkyl halides is 3. The molecule has 0 saturated heterocycles. The lowest BCUT2D eigenvalue weighted by Gasteiger charge is -2.10. The minimum Gasteiger partial charge on any atom is -0.355 e. The normalized spacial score (nSPS) is 13.4. The Hall–Kier alpha value is -2.88. The van der Waals surface area contributed by atoms with E-state index in [2.05, 4.69) is 22.2 Å². The van der Waals surface area contributed by atoms with Crippen molar-refractivity contribution >= 4 is 23.1 Å². The van der Waals surface area contributed by atoms with E-state index in [-0.39, 0.29) is 16.3 Å². The molecule has 150 valence electrons. The maximum Gasteiger partial charge on any atom is 0.433 e. The Labute approximate surface area is 162 Å². The number of hydrogen-bond acceptors (Lipinski definition) is 4. The van der Waals surface area contributed by atoms with E-state index in [0.29, 0.717) is 4.68 Å². The zero-order valence-electron chi connectivity index (χ0n) is 15.0. The molecule has 2 aromatic heterocycles. The molecule has 0 bridgehead atoms. The second-order valence-corrected chi connectivity index (χ2v) is 5.91. The van der Waals surface area contributed by atoms with Gasteiger partial charge >= 0.3 is 6.18 Å². The monoisotopic (exact) mass is 418 g/mol. The Morgan fingerprint density at radius 3 is 2.57 bits per heavy atom. The van der Waals surface area contributed by atoms with E-state index in [1.54, 1.807) is 0 Å². The summed E-state index contributed by atoms with van der Waals surface area (Å²) in [5.41, 5.74) is -2.76. The summed E-state index contributed by atoms with van der Waals surface area (Å²) in [6.07, 6.45) is -1.39. The molecule has 1 N–H and O–H groups in total. The van der Waals surface area contributed by atoms with E-state index in [4.69, 9.17) is 16.1 Å². The Balaban J connectivity index is 2.86. The Bertz CT molecular complexity index is 982. The van der Waals surface area contributed by atoms with Crippen LogP contribution in [0.25, 0.3) is 16.9 Å². The number of amides is 1. The molecule has 0 aliphatic carbocycles. The van der Waals surface area contributed by atoms with Crippen molar-refractivity contribution in [2.75, 3.05) is 7.05 Å². The minimum atomic E-state index is -4.79. The minimum absolute atomic E-state index is 0.165. The molecule has 0 aliphatic rings. The fourth-order valence-electron chi connectivity index (χ4n) is 2.55. The number of nitrogens with zero attached hydrogens (tertiary/aromatic N) is 3. The number of aromatic nitrogens is 3. The lowest BCUT2D eigenvalue weighted by Crippen LogP contribution is -2.20. The standard InChI is InChI=1S/C17H15ClF4N4O2/c1-5-6-10(18)11(8(2)19)13-12(16(27)23-3)14(28-25-13)9-7-24-26(4)15(9)17(20,21)22/h5-7H,1H2,2-4H3,(H,23,27)/b10-6+,11-8-. The molecule has 0 radical (unpaired) electrons. The molecule has 0 atom stereocenters. The zero-order valence-corrected chi connectivity index (χ0v) is 15.7. The molecule has 0 unspecified atom stereocenters. The first-order chi connectivity index (χ1) is 13.0. The SMILES string of the molecule is C=C/C=C(Cl)\C(=C(/C)F)c1noc(-c2cnn(C)c2C(F)(F)F)c1C(=O)NC. The van der Waals surface area contributed by atoms with Gasteiger partial charge in [0.05, 0.1) is 22.4 Å². The molecule has 6 nitrogen and oxygen atoms in total. The van der Waals surface area contributed by atoms with Crippen LogP contribution in [0.15, 0.2) is 40.3 Å². The van der Waals surface area contributed by atoms with E-state index in [1.165, 1.54) is 19.2 Å². The van der Waals surface area contributed by atoms with E-state index in [1.807, 2.05) is 0 Å². The van der Waals surface area contributed by atoms with Crippen LogP contribution in [0, 0.1) is 0 Å². The van der Waals surface area contributed by atoms with Gasteiger partial charge in [0.15, 0.2) is 11.5 Å². The highest BCUT2D eigenvalue weighted by atomic mass is 35.5. The van der Waals surface area contributed by atoms with Crippen molar-refractivity contribution in [3.8, 4) is 11.3 Å². The summed E-state index contributed by atoms with van der Waals surface area (Å²) in [5, 5.41) is 9.31. The van der Waals surface area contributed by atoms with Crippen LogP contribution >= 0.6 is 11.6 Å². The summed E-state index contributed by atoms with van der Waals surface area (Å²) in [5.74, 6) is -2.18. The topological polar surface area (TPSA) is 73.0 Å².